The van der Waals surface area contributed by atoms with Crippen molar-refractivity contribution in [2.75, 3.05) is 20.3 Å². The van der Waals surface area contributed by atoms with Crippen LogP contribution in [0.25, 0.3) is 0 Å². The lowest BCUT2D eigenvalue weighted by atomic mass is 9.88. The molecular formula is C28H45NO9. The van der Waals surface area contributed by atoms with Gasteiger partial charge in [0, 0.05) is 32.4 Å². The molecule has 0 saturated heterocycles. The number of rotatable bonds is 9. The summed E-state index contributed by atoms with van der Waals surface area (Å²) in [5, 5.41) is 23.8. The molecule has 1 aliphatic heterocycles. The minimum absolute atomic E-state index is 0.0670. The van der Waals surface area contributed by atoms with E-state index in [1.165, 1.54) is 13.8 Å². The van der Waals surface area contributed by atoms with Crippen molar-refractivity contribution < 1.29 is 43.5 Å². The highest BCUT2D eigenvalue weighted by Gasteiger charge is 2.35. The second-order valence-corrected chi connectivity index (χ2v) is 10.2. The molecule has 216 valence electrons. The maximum atomic E-state index is 12.5. The van der Waals surface area contributed by atoms with E-state index in [9.17, 15) is 24.6 Å². The molecule has 1 unspecified atom stereocenters. The Labute approximate surface area is 226 Å². The van der Waals surface area contributed by atoms with Crippen LogP contribution in [0.5, 0.6) is 0 Å². The van der Waals surface area contributed by atoms with Gasteiger partial charge in [-0.25, -0.2) is 4.79 Å². The highest BCUT2D eigenvalue weighted by atomic mass is 16.6. The Hall–Kier alpha value is -2.69. The highest BCUT2D eigenvalue weighted by molar-refractivity contribution is 5.70. The van der Waals surface area contributed by atoms with Crippen LogP contribution in [-0.4, -0.2) is 78.5 Å². The van der Waals surface area contributed by atoms with Gasteiger partial charge in [0.05, 0.1) is 25.2 Å². The lowest BCUT2D eigenvalue weighted by Gasteiger charge is -2.32. The number of nitrogens with one attached hydrogen (secondary N) is 1. The summed E-state index contributed by atoms with van der Waals surface area (Å²) in [5.74, 6) is -1.48. The van der Waals surface area contributed by atoms with Crippen molar-refractivity contribution in [3.05, 3.63) is 36.0 Å². The van der Waals surface area contributed by atoms with E-state index in [4.69, 9.17) is 18.9 Å². The largest absolute Gasteiger partial charge is 0.457 e. The summed E-state index contributed by atoms with van der Waals surface area (Å²) in [7, 11) is 1.56. The number of aliphatic hydroxyl groups is 2. The van der Waals surface area contributed by atoms with E-state index in [0.717, 1.165) is 5.57 Å². The van der Waals surface area contributed by atoms with Crippen LogP contribution in [0.2, 0.25) is 0 Å². The number of cyclic esters (lactones) is 1. The van der Waals surface area contributed by atoms with Crippen LogP contribution in [0.1, 0.15) is 60.8 Å². The van der Waals surface area contributed by atoms with Gasteiger partial charge in [-0.1, -0.05) is 38.2 Å². The molecule has 10 nitrogen and oxygen atoms in total. The van der Waals surface area contributed by atoms with Gasteiger partial charge < -0.3 is 34.5 Å². The van der Waals surface area contributed by atoms with Gasteiger partial charge in [-0.15, -0.1) is 0 Å². The Morgan fingerprint density at radius 1 is 1.29 bits per heavy atom. The minimum Gasteiger partial charge on any atom is -0.457 e. The molecule has 10 heteroatoms. The van der Waals surface area contributed by atoms with Crippen molar-refractivity contribution in [2.45, 2.75) is 90.8 Å². The molecule has 0 aliphatic carbocycles. The van der Waals surface area contributed by atoms with Crippen LogP contribution >= 0.6 is 0 Å². The van der Waals surface area contributed by atoms with Crippen molar-refractivity contribution in [1.82, 2.24) is 5.32 Å². The van der Waals surface area contributed by atoms with Gasteiger partial charge in [0.1, 0.15) is 17.8 Å². The van der Waals surface area contributed by atoms with E-state index in [0.29, 0.717) is 6.54 Å². The zero-order valence-corrected chi connectivity index (χ0v) is 23.6. The predicted octanol–water partition coefficient (Wildman–Crippen LogP) is 3.22. The van der Waals surface area contributed by atoms with Gasteiger partial charge in [-0.2, -0.15) is 0 Å². The SMILES string of the molecule is COC(C)CNC(=O)OC[C@@H](C)/C=C/C=C(\C)[C@H]1OC(=O)C[C@@H](O)CC[C@](C)(O)[C@@H](OC(C)=O)/C=C/[C@@H]1C. The molecular weight excluding hydrogens is 494 g/mol. The number of ether oxygens (including phenoxy) is 4. The summed E-state index contributed by atoms with van der Waals surface area (Å²) in [6, 6.07) is 0. The van der Waals surface area contributed by atoms with Crippen molar-refractivity contribution in [3.8, 4) is 0 Å². The van der Waals surface area contributed by atoms with E-state index in [1.807, 2.05) is 33.8 Å². The zero-order chi connectivity index (χ0) is 28.9. The monoisotopic (exact) mass is 539 g/mol. The van der Waals surface area contributed by atoms with E-state index < -0.39 is 41.9 Å². The third-order valence-electron chi connectivity index (χ3n) is 6.28. The predicted molar refractivity (Wildman–Crippen MR) is 142 cm³/mol. The molecule has 3 N–H and O–H groups in total. The molecule has 0 radical (unpaired) electrons. The first-order valence-corrected chi connectivity index (χ1v) is 13.0. The van der Waals surface area contributed by atoms with Crippen LogP contribution in [0, 0.1) is 11.8 Å². The molecule has 0 saturated carbocycles. The Morgan fingerprint density at radius 3 is 2.61 bits per heavy atom. The van der Waals surface area contributed by atoms with Crippen LogP contribution < -0.4 is 5.32 Å². The van der Waals surface area contributed by atoms with Crippen molar-refractivity contribution in [1.29, 1.82) is 0 Å². The molecule has 0 bridgehead atoms. The van der Waals surface area contributed by atoms with E-state index in [-0.39, 0.29) is 43.8 Å². The number of hydrogen-bond acceptors (Lipinski definition) is 9. The Kier molecular flexibility index (Phi) is 14.3. The topological polar surface area (TPSA) is 141 Å². The molecule has 1 heterocycles. The van der Waals surface area contributed by atoms with E-state index in [2.05, 4.69) is 5.32 Å². The summed E-state index contributed by atoms with van der Waals surface area (Å²) in [5.41, 5.74) is -0.680. The van der Waals surface area contributed by atoms with Crippen molar-refractivity contribution >= 4 is 18.0 Å². The average Bonchev–Trinajstić information content (AvgIpc) is 2.84. The normalized spacial score (nSPS) is 29.8. The Balaban J connectivity index is 2.96. The molecule has 0 aromatic carbocycles. The summed E-state index contributed by atoms with van der Waals surface area (Å²) in [6.45, 7) is 10.7. The maximum absolute atomic E-state index is 12.5. The van der Waals surface area contributed by atoms with Gasteiger partial charge in [0.2, 0.25) is 0 Å². The number of allylic oxidation sites excluding steroid dienone is 2. The number of aliphatic hydroxyl groups excluding tert-OH is 1. The quantitative estimate of drug-likeness (QED) is 0.174. The van der Waals surface area contributed by atoms with Crippen LogP contribution in [0.3, 0.4) is 0 Å². The standard InChI is InChI=1S/C28H45NO9/c1-18(17-36-27(33)29-16-21(4)35-7)9-8-10-19(2)26-20(3)11-12-24(37-22(5)30)28(6,34)14-13-23(31)15-25(32)38-26/h8-12,18,20-21,23-24,26,31,34H,13-17H2,1-7H3,(H,29,33)/b9-8+,12-11+,19-10+/t18-,20-,21?,23-,24-,26+,28-/m0/s1. The molecule has 0 fully saturated rings. The summed E-state index contributed by atoms with van der Waals surface area (Å²) in [4.78, 5) is 36.0. The molecule has 0 aromatic heterocycles. The van der Waals surface area contributed by atoms with E-state index >= 15 is 0 Å². The first kappa shape index (κ1) is 33.3. The second-order valence-electron chi connectivity index (χ2n) is 10.2. The first-order valence-electron chi connectivity index (χ1n) is 13.0. The molecule has 7 atom stereocenters. The van der Waals surface area contributed by atoms with Gasteiger partial charge in [-0.3, -0.25) is 9.59 Å². The Morgan fingerprint density at radius 2 is 1.97 bits per heavy atom. The van der Waals surface area contributed by atoms with Gasteiger partial charge in [0.15, 0.2) is 0 Å². The number of amides is 1. The average molecular weight is 540 g/mol. The molecule has 1 rings (SSSR count). The number of esters is 2. The molecule has 38 heavy (non-hydrogen) atoms. The van der Waals surface area contributed by atoms with E-state index in [1.54, 1.807) is 31.4 Å². The fraction of sp³-hybridized carbons (Fsp3) is 0.679. The summed E-state index contributed by atoms with van der Waals surface area (Å²) < 4.78 is 21.3. The number of methoxy groups -OCH3 is 1. The first-order chi connectivity index (χ1) is 17.7. The molecule has 0 aromatic rings. The Bertz CT molecular complexity index is 864. The third-order valence-corrected chi connectivity index (χ3v) is 6.28. The minimum atomic E-state index is -1.42. The summed E-state index contributed by atoms with van der Waals surface area (Å²) in [6.07, 6.45) is 5.64. The fourth-order valence-electron chi connectivity index (χ4n) is 3.75. The molecule has 1 aliphatic rings. The van der Waals surface area contributed by atoms with Crippen LogP contribution in [0.4, 0.5) is 4.79 Å². The van der Waals surface area contributed by atoms with Crippen LogP contribution in [0.15, 0.2) is 36.0 Å². The van der Waals surface area contributed by atoms with Gasteiger partial charge in [0.25, 0.3) is 0 Å². The van der Waals surface area contributed by atoms with Crippen molar-refractivity contribution in [3.63, 3.8) is 0 Å². The number of alkyl carbamates (subject to hydrolysis) is 1. The number of carbonyl (C=O) groups excluding carboxylic acids is 3. The number of hydrogen-bond donors (Lipinski definition) is 3. The third kappa shape index (κ3) is 12.7. The molecule has 0 spiro atoms. The van der Waals surface area contributed by atoms with Crippen LogP contribution in [-0.2, 0) is 28.5 Å². The fourth-order valence-corrected chi connectivity index (χ4v) is 3.75. The number of carbonyl (C=O) groups is 3. The summed E-state index contributed by atoms with van der Waals surface area (Å²) >= 11 is 0. The maximum Gasteiger partial charge on any atom is 0.407 e. The second kappa shape index (κ2) is 16.3. The van der Waals surface area contributed by atoms with Gasteiger partial charge >= 0.3 is 18.0 Å². The lowest BCUT2D eigenvalue weighted by Crippen LogP contribution is -2.42. The molecule has 1 amide bonds. The smallest absolute Gasteiger partial charge is 0.407 e. The van der Waals surface area contributed by atoms with Crippen molar-refractivity contribution in [2.24, 2.45) is 11.8 Å². The zero-order valence-electron chi connectivity index (χ0n) is 23.6. The highest BCUT2D eigenvalue weighted by Crippen LogP contribution is 2.27. The van der Waals surface area contributed by atoms with Gasteiger partial charge in [-0.05, 0) is 45.3 Å². The lowest BCUT2D eigenvalue weighted by molar-refractivity contribution is -0.157.